The second-order valence-electron chi connectivity index (χ2n) is 4.47. The number of phenolic OH excluding ortho intramolecular Hbond substituents is 1. The minimum absolute atomic E-state index is 0.00667. The van der Waals surface area contributed by atoms with E-state index in [1.54, 1.807) is 43.5 Å². The average molecular weight is 288 g/mol. The van der Waals surface area contributed by atoms with E-state index in [0.717, 1.165) is 0 Å². The van der Waals surface area contributed by atoms with Gasteiger partial charge in [0.25, 0.3) is 0 Å². The quantitative estimate of drug-likeness (QED) is 0.854. The van der Waals surface area contributed by atoms with E-state index >= 15 is 0 Å². The van der Waals surface area contributed by atoms with Gasteiger partial charge < -0.3 is 19.7 Å². The first-order valence-corrected chi connectivity index (χ1v) is 6.38. The maximum atomic E-state index is 11.4. The lowest BCUT2D eigenvalue weighted by Crippen LogP contribution is -2.19. The number of aromatic hydroxyl groups is 1. The highest BCUT2D eigenvalue weighted by Crippen LogP contribution is 2.23. The van der Waals surface area contributed by atoms with Gasteiger partial charge in [-0.1, -0.05) is 18.2 Å². The van der Waals surface area contributed by atoms with Crippen molar-refractivity contribution in [3.05, 3.63) is 54.1 Å². The zero-order valence-corrected chi connectivity index (χ0v) is 11.5. The van der Waals surface area contributed by atoms with Crippen LogP contribution in [0, 0.1) is 0 Å². The summed E-state index contributed by atoms with van der Waals surface area (Å²) in [6.45, 7) is -0.00667. The van der Waals surface area contributed by atoms with Crippen LogP contribution in [0.5, 0.6) is 17.2 Å². The molecule has 5 nitrogen and oxygen atoms in total. The average Bonchev–Trinajstić information content (AvgIpc) is 2.49. The summed E-state index contributed by atoms with van der Waals surface area (Å²) in [6.07, 6.45) is 0. The van der Waals surface area contributed by atoms with Crippen LogP contribution in [-0.2, 0) is 4.79 Å². The summed E-state index contributed by atoms with van der Waals surface area (Å²) >= 11 is 0. The van der Waals surface area contributed by atoms with E-state index in [1.165, 1.54) is 12.1 Å². The van der Waals surface area contributed by atoms with Crippen molar-refractivity contribution in [3.63, 3.8) is 0 Å². The van der Waals surface area contributed by atoms with Gasteiger partial charge in [0.2, 0.25) is 0 Å². The van der Waals surface area contributed by atoms with Crippen molar-refractivity contribution in [2.75, 3.05) is 13.7 Å². The van der Waals surface area contributed by atoms with Crippen molar-refractivity contribution < 1.29 is 24.5 Å². The molecule has 0 aromatic heterocycles. The van der Waals surface area contributed by atoms with Crippen LogP contribution >= 0.6 is 0 Å². The monoisotopic (exact) mass is 288 g/mol. The first-order chi connectivity index (χ1) is 10.1. The molecular weight excluding hydrogens is 272 g/mol. The Morgan fingerprint density at radius 3 is 2.43 bits per heavy atom. The van der Waals surface area contributed by atoms with Gasteiger partial charge in [-0.2, -0.15) is 0 Å². The third-order valence-corrected chi connectivity index (χ3v) is 3.05. The Morgan fingerprint density at radius 2 is 1.81 bits per heavy atom. The van der Waals surface area contributed by atoms with Crippen molar-refractivity contribution in [1.82, 2.24) is 0 Å². The normalized spacial score (nSPS) is 11.7. The van der Waals surface area contributed by atoms with E-state index in [1.807, 2.05) is 0 Å². The lowest BCUT2D eigenvalue weighted by Gasteiger charge is -2.14. The Balaban J connectivity index is 2.10. The third-order valence-electron chi connectivity index (χ3n) is 3.05. The van der Waals surface area contributed by atoms with Crippen LogP contribution in [0.15, 0.2) is 48.5 Å². The molecule has 2 rings (SSSR count). The molecule has 1 atom stereocenters. The molecule has 0 saturated carbocycles. The minimum atomic E-state index is -0.983. The molecule has 0 aliphatic carbocycles. The number of hydrogen-bond acceptors (Lipinski definition) is 4. The molecule has 2 aromatic rings. The zero-order valence-electron chi connectivity index (χ0n) is 11.5. The van der Waals surface area contributed by atoms with Gasteiger partial charge in [0.15, 0.2) is 0 Å². The van der Waals surface area contributed by atoms with Gasteiger partial charge in [-0.15, -0.1) is 0 Å². The summed E-state index contributed by atoms with van der Waals surface area (Å²) in [4.78, 5) is 11.4. The predicted molar refractivity (Wildman–Crippen MR) is 77.0 cm³/mol. The molecule has 0 fully saturated rings. The van der Waals surface area contributed by atoms with Crippen LogP contribution in [0.3, 0.4) is 0 Å². The molecule has 0 aliphatic heterocycles. The number of carbonyl (C=O) groups is 1. The van der Waals surface area contributed by atoms with Crippen LogP contribution in [0.1, 0.15) is 11.5 Å². The lowest BCUT2D eigenvalue weighted by atomic mass is 10.0. The number of benzene rings is 2. The van der Waals surface area contributed by atoms with Crippen LogP contribution in [0.2, 0.25) is 0 Å². The van der Waals surface area contributed by atoms with Crippen LogP contribution in [0.25, 0.3) is 0 Å². The highest BCUT2D eigenvalue weighted by Gasteiger charge is 2.20. The maximum absolute atomic E-state index is 11.4. The molecule has 0 heterocycles. The standard InChI is InChI=1S/C16H16O5/c1-20-13-3-2-4-14(9-13)21-10-15(16(18)19)11-5-7-12(17)8-6-11/h2-9,15,17H,10H2,1H3,(H,18,19). The molecule has 0 amide bonds. The number of carboxylic acid groups (broad SMARTS) is 1. The number of hydrogen-bond donors (Lipinski definition) is 2. The zero-order chi connectivity index (χ0) is 15.2. The predicted octanol–water partition coefficient (Wildman–Crippen LogP) is 2.65. The van der Waals surface area contributed by atoms with Crippen molar-refractivity contribution in [2.45, 2.75) is 5.92 Å². The molecule has 0 bridgehead atoms. The highest BCUT2D eigenvalue weighted by molar-refractivity contribution is 5.76. The Morgan fingerprint density at radius 1 is 1.14 bits per heavy atom. The molecule has 0 spiro atoms. The molecule has 2 N–H and O–H groups in total. The fraction of sp³-hybridized carbons (Fsp3) is 0.188. The largest absolute Gasteiger partial charge is 0.508 e. The molecule has 0 radical (unpaired) electrons. The Hall–Kier alpha value is -2.69. The van der Waals surface area contributed by atoms with E-state index in [4.69, 9.17) is 9.47 Å². The van der Waals surface area contributed by atoms with E-state index in [9.17, 15) is 15.0 Å². The fourth-order valence-electron chi connectivity index (χ4n) is 1.89. The molecule has 1 unspecified atom stereocenters. The van der Waals surface area contributed by atoms with Gasteiger partial charge in [0.05, 0.1) is 7.11 Å². The second kappa shape index (κ2) is 6.65. The molecule has 21 heavy (non-hydrogen) atoms. The molecule has 110 valence electrons. The Kier molecular flexibility index (Phi) is 4.66. The number of methoxy groups -OCH3 is 1. The van der Waals surface area contributed by atoms with E-state index < -0.39 is 11.9 Å². The second-order valence-corrected chi connectivity index (χ2v) is 4.47. The van der Waals surface area contributed by atoms with Crippen LogP contribution < -0.4 is 9.47 Å². The van der Waals surface area contributed by atoms with Gasteiger partial charge in [0, 0.05) is 6.07 Å². The van der Waals surface area contributed by atoms with E-state index in [-0.39, 0.29) is 12.4 Å². The summed E-state index contributed by atoms with van der Waals surface area (Å²) in [5.74, 6) is -0.514. The van der Waals surface area contributed by atoms with Gasteiger partial charge in [-0.05, 0) is 29.8 Å². The smallest absolute Gasteiger partial charge is 0.314 e. The summed E-state index contributed by atoms with van der Waals surface area (Å²) < 4.78 is 10.6. The molecule has 0 aliphatic rings. The minimum Gasteiger partial charge on any atom is -0.508 e. The van der Waals surface area contributed by atoms with Gasteiger partial charge in [-0.3, -0.25) is 4.79 Å². The van der Waals surface area contributed by atoms with E-state index in [2.05, 4.69) is 0 Å². The topological polar surface area (TPSA) is 76.0 Å². The van der Waals surface area contributed by atoms with E-state index in [0.29, 0.717) is 17.1 Å². The fourth-order valence-corrected chi connectivity index (χ4v) is 1.89. The summed E-state index contributed by atoms with van der Waals surface area (Å²) in [5.41, 5.74) is 0.572. The van der Waals surface area contributed by atoms with Crippen molar-refractivity contribution in [3.8, 4) is 17.2 Å². The first-order valence-electron chi connectivity index (χ1n) is 6.38. The lowest BCUT2D eigenvalue weighted by molar-refractivity contribution is -0.139. The molecular formula is C16H16O5. The van der Waals surface area contributed by atoms with Crippen LogP contribution in [0.4, 0.5) is 0 Å². The van der Waals surface area contributed by atoms with Crippen molar-refractivity contribution in [1.29, 1.82) is 0 Å². The summed E-state index contributed by atoms with van der Waals surface area (Å²) in [6, 6.07) is 13.0. The summed E-state index contributed by atoms with van der Waals surface area (Å²) in [7, 11) is 1.55. The molecule has 0 saturated heterocycles. The maximum Gasteiger partial charge on any atom is 0.314 e. The number of phenols is 1. The molecule has 5 heteroatoms. The number of aliphatic carboxylic acids is 1. The Labute approximate surface area is 122 Å². The van der Waals surface area contributed by atoms with Gasteiger partial charge >= 0.3 is 5.97 Å². The highest BCUT2D eigenvalue weighted by atomic mass is 16.5. The summed E-state index contributed by atoms with van der Waals surface area (Å²) in [5, 5.41) is 18.6. The molecule has 2 aromatic carbocycles. The number of rotatable bonds is 6. The third kappa shape index (κ3) is 3.89. The Bertz CT molecular complexity index is 606. The van der Waals surface area contributed by atoms with Gasteiger partial charge in [0.1, 0.15) is 29.8 Å². The van der Waals surface area contributed by atoms with Gasteiger partial charge in [-0.25, -0.2) is 0 Å². The van der Waals surface area contributed by atoms with Crippen molar-refractivity contribution >= 4 is 5.97 Å². The number of ether oxygens (including phenoxy) is 2. The SMILES string of the molecule is COc1cccc(OCC(C(=O)O)c2ccc(O)cc2)c1. The number of carboxylic acids is 1. The van der Waals surface area contributed by atoms with Crippen LogP contribution in [-0.4, -0.2) is 29.9 Å². The first kappa shape index (κ1) is 14.7. The van der Waals surface area contributed by atoms with Crippen molar-refractivity contribution in [2.24, 2.45) is 0 Å².